The Labute approximate surface area is 153 Å². The van der Waals surface area contributed by atoms with E-state index in [1.165, 1.54) is 10.9 Å². The fourth-order valence-corrected chi connectivity index (χ4v) is 3.48. The summed E-state index contributed by atoms with van der Waals surface area (Å²) in [6, 6.07) is 10.1. The maximum atomic E-state index is 14.1. The summed E-state index contributed by atoms with van der Waals surface area (Å²) < 4.78 is 15.6. The van der Waals surface area contributed by atoms with Gasteiger partial charge in [-0.1, -0.05) is 19.1 Å². The number of anilines is 1. The molecule has 4 rings (SSSR count). The predicted octanol–water partition coefficient (Wildman–Crippen LogP) is 3.60. The predicted molar refractivity (Wildman–Crippen MR) is 99.9 cm³/mol. The largest absolute Gasteiger partial charge is 0.368 e. The molecule has 132 valence electrons. The highest BCUT2D eigenvalue weighted by Crippen LogP contribution is 2.21. The average Bonchev–Trinajstić information content (AvgIpc) is 3.29. The van der Waals surface area contributed by atoms with Gasteiger partial charge in [-0.15, -0.1) is 26.6 Å². The van der Waals surface area contributed by atoms with Crippen molar-refractivity contribution in [3.63, 3.8) is 0 Å². The Morgan fingerprint density at radius 3 is 2.85 bits per heavy atom. The summed E-state index contributed by atoms with van der Waals surface area (Å²) >= 11 is 1.73. The Balaban J connectivity index is 1.53. The number of rotatable bonds is 6. The van der Waals surface area contributed by atoms with Gasteiger partial charge in [0.25, 0.3) is 0 Å². The molecule has 8 heteroatoms. The molecule has 0 amide bonds. The van der Waals surface area contributed by atoms with Gasteiger partial charge in [-0.25, -0.2) is 9.37 Å². The van der Waals surface area contributed by atoms with Crippen molar-refractivity contribution in [1.29, 1.82) is 0 Å². The van der Waals surface area contributed by atoms with Gasteiger partial charge >= 0.3 is 0 Å². The Morgan fingerprint density at radius 2 is 2.04 bits per heavy atom. The zero-order valence-electron chi connectivity index (χ0n) is 14.2. The van der Waals surface area contributed by atoms with Crippen LogP contribution in [0, 0.1) is 5.82 Å². The quantitative estimate of drug-likeness (QED) is 0.563. The summed E-state index contributed by atoms with van der Waals surface area (Å²) in [6.45, 7) is 2.84. The molecule has 0 aliphatic carbocycles. The smallest absolute Gasteiger partial charge is 0.188 e. The van der Waals surface area contributed by atoms with Gasteiger partial charge < -0.3 is 5.32 Å². The standard InChI is InChI=1S/C18H17FN6S/c1-2-12-11-21-17(26-12)9-10-20-15-7-8-16-22-23-18(25(16)24-15)13-5-3-4-6-14(13)19/h3-8,11H,2,9-10H2,1H3,(H,20,24). The second-order valence-corrected chi connectivity index (χ2v) is 6.94. The molecule has 3 aromatic heterocycles. The van der Waals surface area contributed by atoms with E-state index in [0.29, 0.717) is 29.4 Å². The average molecular weight is 368 g/mol. The van der Waals surface area contributed by atoms with Crippen LogP contribution in [0.5, 0.6) is 0 Å². The first-order valence-corrected chi connectivity index (χ1v) is 9.21. The summed E-state index contributed by atoms with van der Waals surface area (Å²) in [7, 11) is 0. The van der Waals surface area contributed by atoms with E-state index in [1.807, 2.05) is 18.3 Å². The number of aromatic nitrogens is 5. The van der Waals surface area contributed by atoms with Gasteiger partial charge in [0.15, 0.2) is 11.5 Å². The van der Waals surface area contributed by atoms with Crippen molar-refractivity contribution in [3.8, 4) is 11.4 Å². The van der Waals surface area contributed by atoms with E-state index in [-0.39, 0.29) is 5.82 Å². The van der Waals surface area contributed by atoms with Crippen molar-refractivity contribution in [3.05, 3.63) is 58.3 Å². The summed E-state index contributed by atoms with van der Waals surface area (Å²) in [5.74, 6) is 0.717. The lowest BCUT2D eigenvalue weighted by Gasteiger charge is -2.06. The van der Waals surface area contributed by atoms with Crippen LogP contribution < -0.4 is 5.32 Å². The first kappa shape index (κ1) is 16.6. The minimum absolute atomic E-state index is 0.350. The number of aryl methyl sites for hydroxylation is 1. The topological polar surface area (TPSA) is 68.0 Å². The van der Waals surface area contributed by atoms with Crippen molar-refractivity contribution < 1.29 is 4.39 Å². The number of halogens is 1. The number of benzene rings is 1. The highest BCUT2D eigenvalue weighted by Gasteiger charge is 2.13. The second kappa shape index (κ2) is 7.17. The van der Waals surface area contributed by atoms with Crippen molar-refractivity contribution in [2.24, 2.45) is 0 Å². The molecular formula is C18H17FN6S. The van der Waals surface area contributed by atoms with Crippen LogP contribution in [0.2, 0.25) is 0 Å². The van der Waals surface area contributed by atoms with E-state index in [2.05, 4.69) is 32.5 Å². The zero-order chi connectivity index (χ0) is 17.9. The molecule has 0 aliphatic heterocycles. The molecule has 0 unspecified atom stereocenters. The van der Waals surface area contributed by atoms with E-state index in [1.54, 1.807) is 34.1 Å². The molecule has 0 spiro atoms. The summed E-state index contributed by atoms with van der Waals surface area (Å²) in [4.78, 5) is 5.70. The van der Waals surface area contributed by atoms with Crippen LogP contribution >= 0.6 is 11.3 Å². The van der Waals surface area contributed by atoms with Crippen LogP contribution in [0.15, 0.2) is 42.6 Å². The van der Waals surface area contributed by atoms with Crippen molar-refractivity contribution >= 4 is 22.8 Å². The Bertz CT molecular complexity index is 1040. The van der Waals surface area contributed by atoms with Gasteiger partial charge in [-0.2, -0.15) is 4.52 Å². The molecule has 0 aliphatic rings. The fraction of sp³-hybridized carbons (Fsp3) is 0.222. The monoisotopic (exact) mass is 368 g/mol. The van der Waals surface area contributed by atoms with Crippen LogP contribution in [0.25, 0.3) is 17.0 Å². The molecule has 1 N–H and O–H groups in total. The molecular weight excluding hydrogens is 351 g/mol. The van der Waals surface area contributed by atoms with Crippen LogP contribution in [0.1, 0.15) is 16.8 Å². The number of fused-ring (bicyclic) bond motifs is 1. The van der Waals surface area contributed by atoms with E-state index < -0.39 is 0 Å². The van der Waals surface area contributed by atoms with E-state index in [0.717, 1.165) is 17.8 Å². The van der Waals surface area contributed by atoms with Crippen molar-refractivity contribution in [1.82, 2.24) is 24.8 Å². The lowest BCUT2D eigenvalue weighted by Crippen LogP contribution is -2.08. The maximum absolute atomic E-state index is 14.1. The van der Waals surface area contributed by atoms with Crippen molar-refractivity contribution in [2.45, 2.75) is 19.8 Å². The highest BCUT2D eigenvalue weighted by molar-refractivity contribution is 7.11. The maximum Gasteiger partial charge on any atom is 0.188 e. The van der Waals surface area contributed by atoms with Gasteiger partial charge in [0.2, 0.25) is 0 Å². The number of thiazole rings is 1. The lowest BCUT2D eigenvalue weighted by molar-refractivity contribution is 0.629. The Morgan fingerprint density at radius 1 is 1.15 bits per heavy atom. The number of nitrogens with zero attached hydrogens (tertiary/aromatic N) is 5. The molecule has 0 fully saturated rings. The molecule has 0 saturated carbocycles. The van der Waals surface area contributed by atoms with Gasteiger partial charge in [0, 0.05) is 24.0 Å². The molecule has 4 aromatic rings. The molecule has 0 atom stereocenters. The number of nitrogens with one attached hydrogen (secondary N) is 1. The van der Waals surface area contributed by atoms with E-state index in [4.69, 9.17) is 0 Å². The first-order valence-electron chi connectivity index (χ1n) is 8.39. The molecule has 6 nitrogen and oxygen atoms in total. The minimum atomic E-state index is -0.350. The van der Waals surface area contributed by atoms with Gasteiger partial charge in [0.05, 0.1) is 10.6 Å². The summed E-state index contributed by atoms with van der Waals surface area (Å²) in [6.07, 6.45) is 3.77. The molecule has 0 bridgehead atoms. The normalized spacial score (nSPS) is 11.2. The third-order valence-electron chi connectivity index (χ3n) is 3.97. The van der Waals surface area contributed by atoms with Crippen LogP contribution in [-0.2, 0) is 12.8 Å². The van der Waals surface area contributed by atoms with Crippen LogP contribution in [-0.4, -0.2) is 31.3 Å². The molecule has 3 heterocycles. The Kier molecular flexibility index (Phi) is 4.57. The van der Waals surface area contributed by atoms with Crippen LogP contribution in [0.4, 0.5) is 10.2 Å². The fourth-order valence-electron chi connectivity index (χ4n) is 2.62. The SMILES string of the molecule is CCc1cnc(CCNc2ccc3nnc(-c4ccccc4F)n3n2)s1. The number of hydrogen-bond donors (Lipinski definition) is 1. The number of hydrogen-bond acceptors (Lipinski definition) is 6. The first-order chi connectivity index (χ1) is 12.7. The van der Waals surface area contributed by atoms with Crippen molar-refractivity contribution in [2.75, 3.05) is 11.9 Å². The zero-order valence-corrected chi connectivity index (χ0v) is 15.0. The molecule has 1 aromatic carbocycles. The molecule has 0 radical (unpaired) electrons. The molecule has 0 saturated heterocycles. The van der Waals surface area contributed by atoms with Crippen LogP contribution in [0.3, 0.4) is 0 Å². The van der Waals surface area contributed by atoms with E-state index in [9.17, 15) is 4.39 Å². The van der Waals surface area contributed by atoms with Gasteiger partial charge in [0.1, 0.15) is 11.6 Å². The third kappa shape index (κ3) is 3.28. The van der Waals surface area contributed by atoms with Gasteiger partial charge in [-0.05, 0) is 30.7 Å². The summed E-state index contributed by atoms with van der Waals surface area (Å²) in [5.41, 5.74) is 0.945. The minimum Gasteiger partial charge on any atom is -0.368 e. The molecule has 26 heavy (non-hydrogen) atoms. The highest BCUT2D eigenvalue weighted by atomic mass is 32.1. The second-order valence-electron chi connectivity index (χ2n) is 5.74. The van der Waals surface area contributed by atoms with E-state index >= 15 is 0 Å². The summed E-state index contributed by atoms with van der Waals surface area (Å²) in [5, 5.41) is 17.0. The Hall–Kier alpha value is -2.87. The van der Waals surface area contributed by atoms with Gasteiger partial charge in [-0.3, -0.25) is 0 Å². The third-order valence-corrected chi connectivity index (χ3v) is 5.17. The lowest BCUT2D eigenvalue weighted by atomic mass is 10.2.